The first-order valence-electron chi connectivity index (χ1n) is 5.93. The minimum absolute atomic E-state index is 0.0683. The number of nitrogens with zero attached hydrogens (tertiary/aromatic N) is 1. The van der Waals surface area contributed by atoms with Gasteiger partial charge in [0.2, 0.25) is 0 Å². The fourth-order valence-electron chi connectivity index (χ4n) is 1.09. The summed E-state index contributed by atoms with van der Waals surface area (Å²) < 4.78 is 0. The highest BCUT2D eigenvalue weighted by molar-refractivity contribution is 5.39. The normalized spacial score (nSPS) is 11.8. The Bertz CT molecular complexity index is 324. The van der Waals surface area contributed by atoms with Crippen LogP contribution in [0.1, 0.15) is 38.1 Å². The van der Waals surface area contributed by atoms with E-state index in [9.17, 15) is 0 Å². The molecule has 4 nitrogen and oxygen atoms in total. The first-order valence-corrected chi connectivity index (χ1v) is 5.93. The number of pyridine rings is 1. The van der Waals surface area contributed by atoms with E-state index in [-0.39, 0.29) is 6.04 Å². The van der Waals surface area contributed by atoms with Crippen LogP contribution in [0.3, 0.4) is 0 Å². The predicted octanol–water partition coefficient (Wildman–Crippen LogP) is 2.09. The lowest BCUT2D eigenvalue weighted by molar-refractivity contribution is 0.248. The minimum Gasteiger partial charge on any atom is -0.396 e. The topological polar surface area (TPSA) is 71.2 Å². The molecule has 98 valence electrons. The molecule has 0 aliphatic rings. The van der Waals surface area contributed by atoms with Gasteiger partial charge >= 0.3 is 0 Å². The van der Waals surface area contributed by atoms with Crippen molar-refractivity contribution in [3.05, 3.63) is 23.4 Å². The van der Waals surface area contributed by atoms with Gasteiger partial charge in [-0.05, 0) is 37.5 Å². The highest BCUT2D eigenvalue weighted by atomic mass is 16.3. The van der Waals surface area contributed by atoms with E-state index in [1.54, 1.807) is 0 Å². The molecule has 4 heteroatoms. The van der Waals surface area contributed by atoms with Crippen molar-refractivity contribution in [1.29, 1.82) is 0 Å². The van der Waals surface area contributed by atoms with Gasteiger partial charge in [-0.25, -0.2) is 4.98 Å². The van der Waals surface area contributed by atoms with E-state index in [0.717, 1.165) is 17.1 Å². The molecule has 1 atom stereocenters. The van der Waals surface area contributed by atoms with Crippen LogP contribution in [0.4, 0.5) is 5.82 Å². The maximum Gasteiger partial charge on any atom is 0.126 e. The van der Waals surface area contributed by atoms with E-state index in [1.807, 2.05) is 46.9 Å². The number of nitrogens with one attached hydrogen (secondary N) is 1. The zero-order valence-electron chi connectivity index (χ0n) is 11.5. The Morgan fingerprint density at radius 2 is 1.88 bits per heavy atom. The average molecular weight is 239 g/mol. The molecule has 4 N–H and O–H groups in total. The largest absolute Gasteiger partial charge is 0.396 e. The molecule has 0 saturated heterocycles. The molecule has 1 rings (SSSR count). The van der Waals surface area contributed by atoms with Crippen LogP contribution in [0, 0.1) is 12.8 Å². The molecule has 1 heterocycles. The molecule has 0 radical (unpaired) electrons. The van der Waals surface area contributed by atoms with Crippen LogP contribution in [0.5, 0.6) is 0 Å². The van der Waals surface area contributed by atoms with Crippen LogP contribution >= 0.6 is 0 Å². The van der Waals surface area contributed by atoms with Gasteiger partial charge in [0.05, 0.1) is 0 Å². The second-order valence-corrected chi connectivity index (χ2v) is 4.54. The maximum atomic E-state index is 8.14. The van der Waals surface area contributed by atoms with E-state index in [0.29, 0.717) is 12.5 Å². The zero-order valence-corrected chi connectivity index (χ0v) is 11.5. The molecule has 0 spiro atoms. The van der Waals surface area contributed by atoms with Gasteiger partial charge in [-0.15, -0.1) is 0 Å². The van der Waals surface area contributed by atoms with Crippen LogP contribution in [-0.4, -0.2) is 23.7 Å². The van der Waals surface area contributed by atoms with Crippen LogP contribution in [-0.2, 0) is 0 Å². The fraction of sp³-hybridized carbons (Fsp3) is 0.615. The Morgan fingerprint density at radius 3 is 2.24 bits per heavy atom. The van der Waals surface area contributed by atoms with Gasteiger partial charge in [0, 0.05) is 25.4 Å². The summed E-state index contributed by atoms with van der Waals surface area (Å²) in [4.78, 5) is 4.27. The standard InChI is InChI=1S/C9H15N3.C4H10O/c1-6-4-8(7(2)10)5-9(11-3)12-6;1-4(2)3-5/h4-5,7H,10H2,1-3H3,(H,11,12);4-5H,3H2,1-2H3. The number of aryl methyl sites for hydroxylation is 1. The molecule has 0 saturated carbocycles. The number of nitrogens with two attached hydrogens (primary N) is 1. The van der Waals surface area contributed by atoms with Crippen molar-refractivity contribution >= 4 is 5.82 Å². The number of rotatable bonds is 3. The van der Waals surface area contributed by atoms with E-state index in [2.05, 4.69) is 10.3 Å². The number of aliphatic hydroxyl groups is 1. The van der Waals surface area contributed by atoms with Gasteiger partial charge in [-0.2, -0.15) is 0 Å². The maximum absolute atomic E-state index is 8.14. The van der Waals surface area contributed by atoms with E-state index < -0.39 is 0 Å². The van der Waals surface area contributed by atoms with Crippen molar-refractivity contribution in [1.82, 2.24) is 4.98 Å². The SMILES string of the molecule is CC(C)CO.CNc1cc(C(C)N)cc(C)n1. The third kappa shape index (κ3) is 6.92. The molecule has 0 aromatic carbocycles. The molecular formula is C13H25N3O. The summed E-state index contributed by atoms with van der Waals surface area (Å²) in [5, 5.41) is 11.1. The van der Waals surface area contributed by atoms with Crippen molar-refractivity contribution in [2.75, 3.05) is 19.0 Å². The average Bonchev–Trinajstić information content (AvgIpc) is 2.28. The number of aliphatic hydroxyl groups excluding tert-OH is 1. The van der Waals surface area contributed by atoms with Crippen molar-refractivity contribution in [2.45, 2.75) is 33.7 Å². The lowest BCUT2D eigenvalue weighted by Gasteiger charge is -2.08. The molecule has 17 heavy (non-hydrogen) atoms. The van der Waals surface area contributed by atoms with Gasteiger partial charge in [0.25, 0.3) is 0 Å². The lowest BCUT2D eigenvalue weighted by Crippen LogP contribution is -2.07. The van der Waals surface area contributed by atoms with E-state index in [4.69, 9.17) is 10.8 Å². The lowest BCUT2D eigenvalue weighted by atomic mass is 10.1. The van der Waals surface area contributed by atoms with Crippen molar-refractivity contribution in [3.63, 3.8) is 0 Å². The van der Waals surface area contributed by atoms with Crippen LogP contribution in [0.15, 0.2) is 12.1 Å². The van der Waals surface area contributed by atoms with Crippen molar-refractivity contribution in [3.8, 4) is 0 Å². The predicted molar refractivity (Wildman–Crippen MR) is 73.0 cm³/mol. The Morgan fingerprint density at radius 1 is 1.35 bits per heavy atom. The van der Waals surface area contributed by atoms with Gasteiger partial charge < -0.3 is 16.2 Å². The molecular weight excluding hydrogens is 214 g/mol. The van der Waals surface area contributed by atoms with Gasteiger partial charge in [0.1, 0.15) is 5.82 Å². The summed E-state index contributed by atoms with van der Waals surface area (Å²) in [6, 6.07) is 4.04. The number of aromatic nitrogens is 1. The van der Waals surface area contributed by atoms with Crippen LogP contribution in [0.25, 0.3) is 0 Å². The quantitative estimate of drug-likeness (QED) is 0.755. The van der Waals surface area contributed by atoms with Gasteiger partial charge in [0.15, 0.2) is 0 Å². The molecule has 0 aliphatic heterocycles. The highest BCUT2D eigenvalue weighted by Crippen LogP contribution is 2.14. The molecule has 0 aliphatic carbocycles. The Labute approximate surface area is 104 Å². The molecule has 1 unspecified atom stereocenters. The number of anilines is 1. The first kappa shape index (κ1) is 15.9. The zero-order chi connectivity index (χ0) is 13.4. The van der Waals surface area contributed by atoms with Gasteiger partial charge in [-0.3, -0.25) is 0 Å². The minimum atomic E-state index is 0.0683. The smallest absolute Gasteiger partial charge is 0.126 e. The molecule has 0 bridgehead atoms. The monoisotopic (exact) mass is 239 g/mol. The van der Waals surface area contributed by atoms with Crippen LogP contribution in [0.2, 0.25) is 0 Å². The number of hydrogen-bond donors (Lipinski definition) is 3. The van der Waals surface area contributed by atoms with Crippen molar-refractivity contribution < 1.29 is 5.11 Å². The fourth-order valence-corrected chi connectivity index (χ4v) is 1.09. The molecule has 1 aromatic heterocycles. The Kier molecular flexibility index (Phi) is 7.50. The van der Waals surface area contributed by atoms with Crippen molar-refractivity contribution in [2.24, 2.45) is 11.7 Å². The molecule has 1 aromatic rings. The Balaban J connectivity index is 0.000000437. The second-order valence-electron chi connectivity index (χ2n) is 4.54. The summed E-state index contributed by atoms with van der Waals surface area (Å²) in [6.07, 6.45) is 0. The van der Waals surface area contributed by atoms with E-state index in [1.165, 1.54) is 0 Å². The highest BCUT2D eigenvalue weighted by Gasteiger charge is 2.02. The molecule has 0 fully saturated rings. The molecule has 0 amide bonds. The Hall–Kier alpha value is -1.13. The third-order valence-corrected chi connectivity index (χ3v) is 2.12. The summed E-state index contributed by atoms with van der Waals surface area (Å²) in [6.45, 7) is 8.18. The summed E-state index contributed by atoms with van der Waals surface area (Å²) in [5.74, 6) is 1.32. The summed E-state index contributed by atoms with van der Waals surface area (Å²) >= 11 is 0. The summed E-state index contributed by atoms with van der Waals surface area (Å²) in [5.41, 5.74) is 7.86. The van der Waals surface area contributed by atoms with Gasteiger partial charge in [-0.1, -0.05) is 13.8 Å². The number of hydrogen-bond acceptors (Lipinski definition) is 4. The third-order valence-electron chi connectivity index (χ3n) is 2.12. The van der Waals surface area contributed by atoms with Crippen LogP contribution < -0.4 is 11.1 Å². The summed E-state index contributed by atoms with van der Waals surface area (Å²) in [7, 11) is 1.85. The second kappa shape index (κ2) is 8.03. The first-order chi connectivity index (χ1) is 7.90. The van der Waals surface area contributed by atoms with E-state index >= 15 is 0 Å².